The minimum atomic E-state index is -0.399. The van der Waals surface area contributed by atoms with Crippen LogP contribution >= 0.6 is 0 Å². The van der Waals surface area contributed by atoms with E-state index in [-0.39, 0.29) is 5.69 Å². The maximum Gasteiger partial charge on any atom is 0.269 e. The highest BCUT2D eigenvalue weighted by Gasteiger charge is 2.03. The summed E-state index contributed by atoms with van der Waals surface area (Å²) in [5, 5.41) is 22.0. The Morgan fingerprint density at radius 3 is 2.59 bits per heavy atom. The third-order valence-corrected chi connectivity index (χ3v) is 2.38. The van der Waals surface area contributed by atoms with Gasteiger partial charge < -0.3 is 5.32 Å². The summed E-state index contributed by atoms with van der Waals surface area (Å²) in [6.45, 7) is 1.66. The number of hydrogen-bond donors (Lipinski definition) is 1. The lowest BCUT2D eigenvalue weighted by Crippen LogP contribution is -2.18. The van der Waals surface area contributed by atoms with Gasteiger partial charge in [-0.3, -0.25) is 10.1 Å². The van der Waals surface area contributed by atoms with Gasteiger partial charge in [0.25, 0.3) is 5.69 Å². The fourth-order valence-corrected chi connectivity index (χ4v) is 1.43. The molecule has 0 heterocycles. The lowest BCUT2D eigenvalue weighted by atomic mass is 10.1. The van der Waals surface area contributed by atoms with Crippen LogP contribution in [0, 0.1) is 21.4 Å². The van der Waals surface area contributed by atoms with E-state index in [0.29, 0.717) is 6.42 Å². The van der Waals surface area contributed by atoms with Gasteiger partial charge in [-0.05, 0) is 31.5 Å². The first kappa shape index (κ1) is 13.1. The molecule has 1 rings (SSSR count). The molecule has 0 aliphatic carbocycles. The molecule has 1 aromatic rings. The van der Waals surface area contributed by atoms with Crippen LogP contribution < -0.4 is 5.32 Å². The monoisotopic (exact) mass is 233 g/mol. The van der Waals surface area contributed by atoms with Gasteiger partial charge in [-0.2, -0.15) is 5.26 Å². The molecule has 5 nitrogen and oxygen atoms in total. The lowest BCUT2D eigenvalue weighted by molar-refractivity contribution is -0.384. The number of hydrogen-bond acceptors (Lipinski definition) is 4. The van der Waals surface area contributed by atoms with Crippen LogP contribution in [0.5, 0.6) is 0 Å². The van der Waals surface area contributed by atoms with Crippen molar-refractivity contribution in [3.63, 3.8) is 0 Å². The van der Waals surface area contributed by atoms with E-state index in [1.54, 1.807) is 12.1 Å². The largest absolute Gasteiger partial charge is 0.316 e. The number of nitro benzene ring substituents is 1. The average Bonchev–Trinajstić information content (AvgIpc) is 2.34. The van der Waals surface area contributed by atoms with Gasteiger partial charge in [0.2, 0.25) is 0 Å². The molecule has 0 radical (unpaired) electrons. The molecular weight excluding hydrogens is 218 g/mol. The van der Waals surface area contributed by atoms with Crippen LogP contribution in [0.2, 0.25) is 0 Å². The Bertz CT molecular complexity index is 395. The highest BCUT2D eigenvalue weighted by molar-refractivity contribution is 5.32. The van der Waals surface area contributed by atoms with Crippen LogP contribution in [-0.2, 0) is 6.42 Å². The number of benzene rings is 1. The number of non-ortho nitro benzene ring substituents is 1. The van der Waals surface area contributed by atoms with Gasteiger partial charge in [0.05, 0.1) is 11.0 Å². The second-order valence-corrected chi connectivity index (χ2v) is 3.69. The molecule has 0 saturated carbocycles. The lowest BCUT2D eigenvalue weighted by Gasteiger charge is -2.03. The van der Waals surface area contributed by atoms with Crippen LogP contribution in [0.15, 0.2) is 24.3 Å². The van der Waals surface area contributed by atoms with Crippen molar-refractivity contribution in [3.8, 4) is 6.07 Å². The summed E-state index contributed by atoms with van der Waals surface area (Å²) < 4.78 is 0. The standard InChI is InChI=1S/C12H15N3O2/c13-8-1-2-9-14-10-7-11-3-5-12(6-4-11)15(16)17/h3-6,14H,1-2,7,9-10H2. The van der Waals surface area contributed by atoms with E-state index < -0.39 is 4.92 Å². The predicted molar refractivity (Wildman–Crippen MR) is 64.5 cm³/mol. The number of nitro groups is 1. The Hall–Kier alpha value is -1.93. The van der Waals surface area contributed by atoms with Crippen molar-refractivity contribution in [1.82, 2.24) is 5.32 Å². The van der Waals surface area contributed by atoms with Crippen molar-refractivity contribution in [1.29, 1.82) is 5.26 Å². The smallest absolute Gasteiger partial charge is 0.269 e. The Labute approximate surface area is 100 Å². The van der Waals surface area contributed by atoms with Crippen molar-refractivity contribution < 1.29 is 4.92 Å². The second kappa shape index (κ2) is 7.36. The van der Waals surface area contributed by atoms with E-state index in [1.807, 2.05) is 0 Å². The van der Waals surface area contributed by atoms with Gasteiger partial charge in [-0.25, -0.2) is 0 Å². The topological polar surface area (TPSA) is 79.0 Å². The van der Waals surface area contributed by atoms with Gasteiger partial charge in [0, 0.05) is 18.6 Å². The van der Waals surface area contributed by atoms with E-state index in [2.05, 4.69) is 11.4 Å². The summed E-state index contributed by atoms with van der Waals surface area (Å²) in [6.07, 6.45) is 2.27. The molecule has 0 saturated heterocycles. The minimum absolute atomic E-state index is 0.121. The third-order valence-electron chi connectivity index (χ3n) is 2.38. The Morgan fingerprint density at radius 2 is 2.00 bits per heavy atom. The number of rotatable bonds is 7. The molecule has 0 aliphatic heterocycles. The number of nitrogens with one attached hydrogen (secondary N) is 1. The summed E-state index contributed by atoms with van der Waals surface area (Å²) in [6, 6.07) is 8.67. The second-order valence-electron chi connectivity index (χ2n) is 3.69. The summed E-state index contributed by atoms with van der Waals surface area (Å²) in [5.41, 5.74) is 1.19. The Morgan fingerprint density at radius 1 is 1.29 bits per heavy atom. The molecule has 5 heteroatoms. The van der Waals surface area contributed by atoms with Crippen LogP contribution in [-0.4, -0.2) is 18.0 Å². The van der Waals surface area contributed by atoms with E-state index in [4.69, 9.17) is 5.26 Å². The van der Waals surface area contributed by atoms with Gasteiger partial charge in [0.15, 0.2) is 0 Å². The summed E-state index contributed by atoms with van der Waals surface area (Å²) in [5.74, 6) is 0. The zero-order chi connectivity index (χ0) is 12.5. The van der Waals surface area contributed by atoms with Crippen molar-refractivity contribution in [2.45, 2.75) is 19.3 Å². The zero-order valence-corrected chi connectivity index (χ0v) is 9.56. The molecule has 0 fully saturated rings. The Balaban J connectivity index is 2.23. The summed E-state index contributed by atoms with van der Waals surface area (Å²) in [4.78, 5) is 10.0. The molecule has 17 heavy (non-hydrogen) atoms. The molecule has 0 atom stereocenters. The highest BCUT2D eigenvalue weighted by Crippen LogP contribution is 2.11. The first-order chi connectivity index (χ1) is 8.24. The first-order valence-electron chi connectivity index (χ1n) is 5.55. The molecule has 0 bridgehead atoms. The molecule has 0 spiro atoms. The molecule has 0 unspecified atom stereocenters. The van der Waals surface area contributed by atoms with Crippen molar-refractivity contribution in [2.75, 3.05) is 13.1 Å². The molecular formula is C12H15N3O2. The van der Waals surface area contributed by atoms with Crippen molar-refractivity contribution in [2.24, 2.45) is 0 Å². The molecule has 0 aliphatic rings. The van der Waals surface area contributed by atoms with E-state index in [0.717, 1.165) is 31.5 Å². The quantitative estimate of drug-likeness (QED) is 0.444. The zero-order valence-electron chi connectivity index (χ0n) is 9.56. The maximum atomic E-state index is 10.4. The summed E-state index contributed by atoms with van der Waals surface area (Å²) in [7, 11) is 0. The fourth-order valence-electron chi connectivity index (χ4n) is 1.43. The van der Waals surface area contributed by atoms with E-state index in [1.165, 1.54) is 12.1 Å². The van der Waals surface area contributed by atoms with Crippen LogP contribution in [0.1, 0.15) is 18.4 Å². The van der Waals surface area contributed by atoms with Gasteiger partial charge >= 0.3 is 0 Å². The van der Waals surface area contributed by atoms with Crippen LogP contribution in [0.25, 0.3) is 0 Å². The molecule has 0 amide bonds. The number of nitrogens with zero attached hydrogens (tertiary/aromatic N) is 2. The molecule has 1 aromatic carbocycles. The third kappa shape index (κ3) is 5.09. The van der Waals surface area contributed by atoms with Crippen molar-refractivity contribution in [3.05, 3.63) is 39.9 Å². The Kier molecular flexibility index (Phi) is 5.69. The number of unbranched alkanes of at least 4 members (excludes halogenated alkanes) is 1. The molecule has 1 N–H and O–H groups in total. The normalized spacial score (nSPS) is 9.82. The predicted octanol–water partition coefficient (Wildman–Crippen LogP) is 2.03. The fraction of sp³-hybridized carbons (Fsp3) is 0.417. The molecule has 0 aromatic heterocycles. The van der Waals surface area contributed by atoms with Crippen LogP contribution in [0.3, 0.4) is 0 Å². The maximum absolute atomic E-state index is 10.4. The van der Waals surface area contributed by atoms with Gasteiger partial charge in [-0.1, -0.05) is 12.1 Å². The van der Waals surface area contributed by atoms with Gasteiger partial charge in [-0.15, -0.1) is 0 Å². The van der Waals surface area contributed by atoms with Crippen LogP contribution in [0.4, 0.5) is 5.69 Å². The number of nitriles is 1. The summed E-state index contributed by atoms with van der Waals surface area (Å²) >= 11 is 0. The van der Waals surface area contributed by atoms with Gasteiger partial charge in [0.1, 0.15) is 0 Å². The minimum Gasteiger partial charge on any atom is -0.316 e. The first-order valence-corrected chi connectivity index (χ1v) is 5.55. The van der Waals surface area contributed by atoms with E-state index in [9.17, 15) is 10.1 Å². The molecule has 90 valence electrons. The average molecular weight is 233 g/mol. The highest BCUT2D eigenvalue weighted by atomic mass is 16.6. The SMILES string of the molecule is N#CCCCNCCc1ccc([N+](=O)[O-])cc1. The van der Waals surface area contributed by atoms with Crippen molar-refractivity contribution >= 4 is 5.69 Å². The van der Waals surface area contributed by atoms with E-state index >= 15 is 0 Å².